The predicted octanol–water partition coefficient (Wildman–Crippen LogP) is 4.04. The second-order valence-electron chi connectivity index (χ2n) is 5.66. The number of benzene rings is 2. The fraction of sp³-hybridized carbons (Fsp3) is 0.350. The topological polar surface area (TPSA) is 47.6 Å². The third kappa shape index (κ3) is 5.48. The molecule has 4 nitrogen and oxygen atoms in total. The van der Waals surface area contributed by atoms with Crippen LogP contribution in [0, 0.1) is 5.82 Å². The van der Waals surface area contributed by atoms with Crippen molar-refractivity contribution in [1.82, 2.24) is 5.32 Å². The maximum atomic E-state index is 12.9. The highest BCUT2D eigenvalue weighted by Gasteiger charge is 2.13. The molecule has 0 heterocycles. The molecule has 1 N–H and O–H groups in total. The molecule has 0 spiro atoms. The number of ether oxygens (including phenoxy) is 2. The molecular weight excluding hydrogens is 321 g/mol. The number of carbonyl (C=O) groups is 1. The van der Waals surface area contributed by atoms with Crippen molar-refractivity contribution >= 4 is 5.91 Å². The number of carbonyl (C=O) groups excluding carboxylic acids is 1. The maximum absolute atomic E-state index is 12.9. The first-order valence-corrected chi connectivity index (χ1v) is 8.46. The minimum absolute atomic E-state index is 0.119. The summed E-state index contributed by atoms with van der Waals surface area (Å²) < 4.78 is 24.1. The molecular formula is C20H24FNO3. The minimum Gasteiger partial charge on any atom is -0.490 e. The van der Waals surface area contributed by atoms with E-state index in [0.717, 1.165) is 11.1 Å². The van der Waals surface area contributed by atoms with Gasteiger partial charge in [0, 0.05) is 0 Å². The Hall–Kier alpha value is -2.56. The standard InChI is InChI=1S/C20H24FNO3/c1-4-24-18-11-8-16(13-19(18)25-5-2)14(3)22-20(23)12-15-6-9-17(21)10-7-15/h6-11,13-14H,4-5,12H2,1-3H3,(H,22,23)/t14-/m1/s1. The largest absolute Gasteiger partial charge is 0.490 e. The third-order valence-electron chi connectivity index (χ3n) is 3.72. The van der Waals surface area contributed by atoms with Gasteiger partial charge in [0.1, 0.15) is 5.82 Å². The van der Waals surface area contributed by atoms with Crippen LogP contribution in [0.1, 0.15) is 37.9 Å². The van der Waals surface area contributed by atoms with E-state index in [1.807, 2.05) is 39.0 Å². The molecule has 2 rings (SSSR count). The smallest absolute Gasteiger partial charge is 0.224 e. The zero-order valence-corrected chi connectivity index (χ0v) is 14.8. The molecule has 2 aromatic rings. The molecule has 0 saturated heterocycles. The molecule has 0 bridgehead atoms. The van der Waals surface area contributed by atoms with E-state index in [-0.39, 0.29) is 24.2 Å². The molecule has 0 saturated carbocycles. The number of amides is 1. The highest BCUT2D eigenvalue weighted by Crippen LogP contribution is 2.30. The molecule has 0 aliphatic carbocycles. The lowest BCUT2D eigenvalue weighted by molar-refractivity contribution is -0.121. The first-order chi connectivity index (χ1) is 12.0. The quantitative estimate of drug-likeness (QED) is 0.785. The molecule has 5 heteroatoms. The molecule has 0 fully saturated rings. The van der Waals surface area contributed by atoms with Crippen LogP contribution in [0.4, 0.5) is 4.39 Å². The number of hydrogen-bond donors (Lipinski definition) is 1. The number of rotatable bonds is 8. The van der Waals surface area contributed by atoms with E-state index >= 15 is 0 Å². The molecule has 0 aromatic heterocycles. The van der Waals surface area contributed by atoms with E-state index in [1.165, 1.54) is 12.1 Å². The van der Waals surface area contributed by atoms with Crippen molar-refractivity contribution in [3.8, 4) is 11.5 Å². The van der Waals surface area contributed by atoms with Crippen molar-refractivity contribution in [1.29, 1.82) is 0 Å². The van der Waals surface area contributed by atoms with Gasteiger partial charge >= 0.3 is 0 Å². The lowest BCUT2D eigenvalue weighted by Gasteiger charge is -2.17. The highest BCUT2D eigenvalue weighted by molar-refractivity contribution is 5.79. The van der Waals surface area contributed by atoms with E-state index in [1.54, 1.807) is 12.1 Å². The van der Waals surface area contributed by atoms with E-state index in [2.05, 4.69) is 5.32 Å². The third-order valence-corrected chi connectivity index (χ3v) is 3.72. The fourth-order valence-corrected chi connectivity index (χ4v) is 2.50. The minimum atomic E-state index is -0.310. The van der Waals surface area contributed by atoms with E-state index in [9.17, 15) is 9.18 Å². The molecule has 134 valence electrons. The van der Waals surface area contributed by atoms with Crippen LogP contribution in [-0.4, -0.2) is 19.1 Å². The average Bonchev–Trinajstić information content (AvgIpc) is 2.59. The summed E-state index contributed by atoms with van der Waals surface area (Å²) in [7, 11) is 0. The molecule has 0 aliphatic rings. The van der Waals surface area contributed by atoms with Crippen LogP contribution in [0.15, 0.2) is 42.5 Å². The summed E-state index contributed by atoms with van der Waals surface area (Å²) in [5.41, 5.74) is 1.70. The van der Waals surface area contributed by atoms with Gasteiger partial charge in [0.15, 0.2) is 11.5 Å². The van der Waals surface area contributed by atoms with Crippen LogP contribution >= 0.6 is 0 Å². The van der Waals surface area contributed by atoms with Crippen molar-refractivity contribution in [2.75, 3.05) is 13.2 Å². The Morgan fingerprint density at radius 3 is 2.32 bits per heavy atom. The molecule has 2 aromatic carbocycles. The Morgan fingerprint density at radius 2 is 1.68 bits per heavy atom. The van der Waals surface area contributed by atoms with E-state index in [0.29, 0.717) is 24.7 Å². The van der Waals surface area contributed by atoms with E-state index < -0.39 is 0 Å². The SMILES string of the molecule is CCOc1ccc([C@@H](C)NC(=O)Cc2ccc(F)cc2)cc1OCC. The molecule has 0 unspecified atom stereocenters. The molecule has 0 aliphatic heterocycles. The lowest BCUT2D eigenvalue weighted by atomic mass is 10.1. The van der Waals surface area contributed by atoms with Crippen LogP contribution in [0.2, 0.25) is 0 Å². The lowest BCUT2D eigenvalue weighted by Crippen LogP contribution is -2.28. The number of halogens is 1. The van der Waals surface area contributed by atoms with Gasteiger partial charge in [-0.15, -0.1) is 0 Å². The normalized spacial score (nSPS) is 11.7. The van der Waals surface area contributed by atoms with Crippen molar-refractivity contribution < 1.29 is 18.7 Å². The highest BCUT2D eigenvalue weighted by atomic mass is 19.1. The zero-order chi connectivity index (χ0) is 18.2. The van der Waals surface area contributed by atoms with Gasteiger partial charge in [-0.2, -0.15) is 0 Å². The second-order valence-corrected chi connectivity index (χ2v) is 5.66. The Morgan fingerprint density at radius 1 is 1.04 bits per heavy atom. The Balaban J connectivity index is 2.03. The number of nitrogens with one attached hydrogen (secondary N) is 1. The van der Waals surface area contributed by atoms with Gasteiger partial charge in [-0.05, 0) is 56.2 Å². The van der Waals surface area contributed by atoms with Crippen LogP contribution in [0.3, 0.4) is 0 Å². The van der Waals surface area contributed by atoms with Crippen molar-refractivity contribution in [2.45, 2.75) is 33.2 Å². The van der Waals surface area contributed by atoms with Gasteiger partial charge in [0.25, 0.3) is 0 Å². The summed E-state index contributed by atoms with van der Waals surface area (Å²) in [6.07, 6.45) is 0.208. The van der Waals surface area contributed by atoms with Gasteiger partial charge in [-0.1, -0.05) is 18.2 Å². The van der Waals surface area contributed by atoms with Gasteiger partial charge in [-0.3, -0.25) is 4.79 Å². The predicted molar refractivity (Wildman–Crippen MR) is 95.4 cm³/mol. The second kappa shape index (κ2) is 9.06. The van der Waals surface area contributed by atoms with Gasteiger partial charge < -0.3 is 14.8 Å². The monoisotopic (exact) mass is 345 g/mol. The fourth-order valence-electron chi connectivity index (χ4n) is 2.50. The summed E-state index contributed by atoms with van der Waals surface area (Å²) in [4.78, 5) is 12.2. The summed E-state index contributed by atoms with van der Waals surface area (Å²) in [5.74, 6) is 0.931. The Kier molecular flexibility index (Phi) is 6.81. The molecule has 0 radical (unpaired) electrons. The molecule has 1 amide bonds. The Bertz CT molecular complexity index is 701. The average molecular weight is 345 g/mol. The summed E-state index contributed by atoms with van der Waals surface area (Å²) in [6.45, 7) is 6.84. The first-order valence-electron chi connectivity index (χ1n) is 8.46. The van der Waals surface area contributed by atoms with E-state index in [4.69, 9.17) is 9.47 Å². The van der Waals surface area contributed by atoms with Crippen LogP contribution in [0.25, 0.3) is 0 Å². The van der Waals surface area contributed by atoms with Crippen molar-refractivity contribution in [3.05, 3.63) is 59.4 Å². The van der Waals surface area contributed by atoms with Gasteiger partial charge in [0.05, 0.1) is 25.7 Å². The number of hydrogen-bond acceptors (Lipinski definition) is 3. The summed E-state index contributed by atoms with van der Waals surface area (Å²) in [6, 6.07) is 11.4. The van der Waals surface area contributed by atoms with Crippen LogP contribution in [0.5, 0.6) is 11.5 Å². The van der Waals surface area contributed by atoms with Crippen molar-refractivity contribution in [3.63, 3.8) is 0 Å². The summed E-state index contributed by atoms with van der Waals surface area (Å²) in [5, 5.41) is 2.95. The molecule has 1 atom stereocenters. The zero-order valence-electron chi connectivity index (χ0n) is 14.8. The Labute approximate surface area is 148 Å². The van der Waals surface area contributed by atoms with Crippen LogP contribution in [-0.2, 0) is 11.2 Å². The maximum Gasteiger partial charge on any atom is 0.224 e. The molecule has 25 heavy (non-hydrogen) atoms. The van der Waals surface area contributed by atoms with Crippen molar-refractivity contribution in [2.24, 2.45) is 0 Å². The van der Waals surface area contributed by atoms with Crippen LogP contribution < -0.4 is 14.8 Å². The summed E-state index contributed by atoms with van der Waals surface area (Å²) >= 11 is 0. The van der Waals surface area contributed by atoms with Gasteiger partial charge in [-0.25, -0.2) is 4.39 Å². The van der Waals surface area contributed by atoms with Gasteiger partial charge in [0.2, 0.25) is 5.91 Å². The first kappa shape index (κ1) is 18.8.